The summed E-state index contributed by atoms with van der Waals surface area (Å²) in [5.41, 5.74) is -0.898. The summed E-state index contributed by atoms with van der Waals surface area (Å²) in [6.45, 7) is 7.13. The maximum Gasteiger partial charge on any atom is 0.242 e. The summed E-state index contributed by atoms with van der Waals surface area (Å²) in [4.78, 5) is 24.9. The third-order valence-electron chi connectivity index (χ3n) is 3.97. The van der Waals surface area contributed by atoms with Crippen molar-refractivity contribution in [1.82, 2.24) is 10.2 Å². The van der Waals surface area contributed by atoms with E-state index in [0.29, 0.717) is 32.0 Å². The SMILES string of the molecule is CCC(C)(C#N)C(=O)N1CCC(CNC(C)=O)CC1. The van der Waals surface area contributed by atoms with Gasteiger partial charge in [0, 0.05) is 26.6 Å². The van der Waals surface area contributed by atoms with Crippen molar-refractivity contribution in [3.05, 3.63) is 0 Å². The molecule has 1 fully saturated rings. The highest BCUT2D eigenvalue weighted by molar-refractivity contribution is 5.85. The molecule has 1 unspecified atom stereocenters. The average Bonchev–Trinajstić information content (AvgIpc) is 2.44. The molecule has 1 atom stereocenters. The molecule has 2 amide bonds. The maximum atomic E-state index is 12.3. The van der Waals surface area contributed by atoms with Gasteiger partial charge in [-0.3, -0.25) is 9.59 Å². The number of hydrogen-bond donors (Lipinski definition) is 1. The second kappa shape index (κ2) is 6.55. The molecule has 0 radical (unpaired) electrons. The summed E-state index contributed by atoms with van der Waals surface area (Å²) in [5.74, 6) is 0.361. The highest BCUT2D eigenvalue weighted by atomic mass is 16.2. The average molecular weight is 265 g/mol. The minimum absolute atomic E-state index is 0.0125. The highest BCUT2D eigenvalue weighted by Gasteiger charge is 2.36. The van der Waals surface area contributed by atoms with Gasteiger partial charge in [-0.1, -0.05) is 6.92 Å². The number of piperidine rings is 1. The van der Waals surface area contributed by atoms with Gasteiger partial charge in [-0.2, -0.15) is 5.26 Å². The van der Waals surface area contributed by atoms with Gasteiger partial charge in [0.1, 0.15) is 5.41 Å². The maximum absolute atomic E-state index is 12.3. The van der Waals surface area contributed by atoms with E-state index in [1.807, 2.05) is 6.92 Å². The molecule has 0 saturated carbocycles. The lowest BCUT2D eigenvalue weighted by Gasteiger charge is -2.35. The minimum atomic E-state index is -0.898. The van der Waals surface area contributed by atoms with Crippen molar-refractivity contribution in [1.29, 1.82) is 5.26 Å². The Morgan fingerprint density at radius 2 is 2.00 bits per heavy atom. The van der Waals surface area contributed by atoms with Crippen LogP contribution < -0.4 is 5.32 Å². The van der Waals surface area contributed by atoms with E-state index in [0.717, 1.165) is 12.8 Å². The minimum Gasteiger partial charge on any atom is -0.356 e. The number of rotatable bonds is 4. The van der Waals surface area contributed by atoms with Crippen LogP contribution in [0.2, 0.25) is 0 Å². The summed E-state index contributed by atoms with van der Waals surface area (Å²) in [5, 5.41) is 12.0. The summed E-state index contributed by atoms with van der Waals surface area (Å²) in [6.07, 6.45) is 2.31. The molecule has 1 rings (SSSR count). The Kier molecular flexibility index (Phi) is 5.34. The number of carbonyl (C=O) groups excluding carboxylic acids is 2. The van der Waals surface area contributed by atoms with E-state index < -0.39 is 5.41 Å². The van der Waals surface area contributed by atoms with Crippen LogP contribution in [0.5, 0.6) is 0 Å². The van der Waals surface area contributed by atoms with Gasteiger partial charge in [0.2, 0.25) is 11.8 Å². The van der Waals surface area contributed by atoms with Crippen molar-refractivity contribution in [2.45, 2.75) is 40.0 Å². The van der Waals surface area contributed by atoms with Crippen molar-refractivity contribution in [2.75, 3.05) is 19.6 Å². The molecule has 0 bridgehead atoms. The van der Waals surface area contributed by atoms with Gasteiger partial charge in [0.05, 0.1) is 6.07 Å². The van der Waals surface area contributed by atoms with Crippen molar-refractivity contribution in [3.63, 3.8) is 0 Å². The first-order chi connectivity index (χ1) is 8.92. The van der Waals surface area contributed by atoms with Crippen molar-refractivity contribution >= 4 is 11.8 Å². The fraction of sp³-hybridized carbons (Fsp3) is 0.786. The Labute approximate surface area is 115 Å². The van der Waals surface area contributed by atoms with Crippen molar-refractivity contribution < 1.29 is 9.59 Å². The fourth-order valence-corrected chi connectivity index (χ4v) is 2.26. The quantitative estimate of drug-likeness (QED) is 0.832. The van der Waals surface area contributed by atoms with Crippen molar-refractivity contribution in [3.8, 4) is 6.07 Å². The molecule has 0 aromatic rings. The van der Waals surface area contributed by atoms with Gasteiger partial charge in [-0.25, -0.2) is 0 Å². The lowest BCUT2D eigenvalue weighted by Crippen LogP contribution is -2.46. The van der Waals surface area contributed by atoms with Crippen LogP contribution in [0, 0.1) is 22.7 Å². The molecule has 0 aromatic heterocycles. The molecule has 1 heterocycles. The number of nitrogens with zero attached hydrogens (tertiary/aromatic N) is 2. The number of hydrogen-bond acceptors (Lipinski definition) is 3. The van der Waals surface area contributed by atoms with Crippen LogP contribution in [0.3, 0.4) is 0 Å². The van der Waals surface area contributed by atoms with Gasteiger partial charge in [0.15, 0.2) is 0 Å². The zero-order valence-corrected chi connectivity index (χ0v) is 12.0. The Morgan fingerprint density at radius 3 is 2.42 bits per heavy atom. The number of nitriles is 1. The normalized spacial score (nSPS) is 19.4. The second-order valence-corrected chi connectivity index (χ2v) is 5.47. The largest absolute Gasteiger partial charge is 0.356 e. The molecule has 19 heavy (non-hydrogen) atoms. The van der Waals surface area contributed by atoms with Gasteiger partial charge >= 0.3 is 0 Å². The van der Waals surface area contributed by atoms with Gasteiger partial charge in [0.25, 0.3) is 0 Å². The third kappa shape index (κ3) is 3.95. The van der Waals surface area contributed by atoms with E-state index in [1.165, 1.54) is 6.92 Å². The van der Waals surface area contributed by atoms with Crippen LogP contribution in [0.1, 0.15) is 40.0 Å². The van der Waals surface area contributed by atoms with E-state index in [1.54, 1.807) is 11.8 Å². The summed E-state index contributed by atoms with van der Waals surface area (Å²) in [7, 11) is 0. The molecule has 1 N–H and O–H groups in total. The van der Waals surface area contributed by atoms with Crippen LogP contribution >= 0.6 is 0 Å². The zero-order valence-electron chi connectivity index (χ0n) is 12.0. The molecule has 5 nitrogen and oxygen atoms in total. The molecule has 1 saturated heterocycles. The Hall–Kier alpha value is -1.57. The molecule has 0 aliphatic carbocycles. The van der Waals surface area contributed by atoms with Crippen molar-refractivity contribution in [2.24, 2.45) is 11.3 Å². The predicted molar refractivity (Wildman–Crippen MR) is 72.0 cm³/mol. The molecule has 5 heteroatoms. The van der Waals surface area contributed by atoms with E-state index in [4.69, 9.17) is 5.26 Å². The lowest BCUT2D eigenvalue weighted by molar-refractivity contribution is -0.140. The first-order valence-corrected chi connectivity index (χ1v) is 6.88. The Morgan fingerprint density at radius 1 is 1.42 bits per heavy atom. The van der Waals surface area contributed by atoms with Crippen LogP contribution in [-0.4, -0.2) is 36.3 Å². The summed E-state index contributed by atoms with van der Waals surface area (Å²) in [6, 6.07) is 2.13. The standard InChI is InChI=1S/C14H23N3O2/c1-4-14(3,10-15)13(19)17-7-5-12(6-8-17)9-16-11(2)18/h12H,4-9H2,1-3H3,(H,16,18). The lowest BCUT2D eigenvalue weighted by atomic mass is 9.86. The molecule has 1 aliphatic heterocycles. The molecule has 106 valence electrons. The van der Waals surface area contributed by atoms with Crippen LogP contribution in [-0.2, 0) is 9.59 Å². The number of amides is 2. The molecule has 0 aromatic carbocycles. The Balaban J connectivity index is 2.48. The Bertz CT molecular complexity index is 381. The molecular formula is C14H23N3O2. The van der Waals surface area contributed by atoms with Crippen LogP contribution in [0.25, 0.3) is 0 Å². The fourth-order valence-electron chi connectivity index (χ4n) is 2.26. The zero-order chi connectivity index (χ0) is 14.5. The van der Waals surface area contributed by atoms with E-state index >= 15 is 0 Å². The summed E-state index contributed by atoms with van der Waals surface area (Å²) < 4.78 is 0. The van der Waals surface area contributed by atoms with Gasteiger partial charge in [-0.15, -0.1) is 0 Å². The van der Waals surface area contributed by atoms with E-state index in [-0.39, 0.29) is 11.8 Å². The van der Waals surface area contributed by atoms with Crippen LogP contribution in [0.15, 0.2) is 0 Å². The highest BCUT2D eigenvalue weighted by Crippen LogP contribution is 2.26. The van der Waals surface area contributed by atoms with E-state index in [2.05, 4.69) is 11.4 Å². The molecule has 1 aliphatic rings. The van der Waals surface area contributed by atoms with Crippen LogP contribution in [0.4, 0.5) is 0 Å². The smallest absolute Gasteiger partial charge is 0.242 e. The topological polar surface area (TPSA) is 73.2 Å². The molecular weight excluding hydrogens is 242 g/mol. The van der Waals surface area contributed by atoms with Gasteiger partial charge in [-0.05, 0) is 32.1 Å². The monoisotopic (exact) mass is 265 g/mol. The third-order valence-corrected chi connectivity index (χ3v) is 3.97. The number of nitrogens with one attached hydrogen (secondary N) is 1. The number of carbonyl (C=O) groups is 2. The first-order valence-electron chi connectivity index (χ1n) is 6.88. The predicted octanol–water partition coefficient (Wildman–Crippen LogP) is 1.30. The number of likely N-dealkylation sites (tertiary alicyclic amines) is 1. The first kappa shape index (κ1) is 15.5. The molecule has 0 spiro atoms. The summed E-state index contributed by atoms with van der Waals surface area (Å²) >= 11 is 0. The van der Waals surface area contributed by atoms with Gasteiger partial charge < -0.3 is 10.2 Å². The second-order valence-electron chi connectivity index (χ2n) is 5.47. The van der Waals surface area contributed by atoms with E-state index in [9.17, 15) is 9.59 Å².